The molecule has 2 aliphatic heterocycles. The molecule has 2 aromatic rings. The number of para-hydroxylation sites is 1. The van der Waals surface area contributed by atoms with Gasteiger partial charge in [0.1, 0.15) is 5.82 Å². The molecule has 0 bridgehead atoms. The van der Waals surface area contributed by atoms with Gasteiger partial charge >= 0.3 is 0 Å². The van der Waals surface area contributed by atoms with E-state index in [4.69, 9.17) is 5.73 Å². The summed E-state index contributed by atoms with van der Waals surface area (Å²) in [5, 5.41) is 0. The molecule has 6 nitrogen and oxygen atoms in total. The number of nitrogen functional groups attached to an aromatic ring is 1. The highest BCUT2D eigenvalue weighted by atomic mass is 16.2. The number of anilines is 2. The average Bonchev–Trinajstić information content (AvgIpc) is 3.05. The Labute approximate surface area is 146 Å². The summed E-state index contributed by atoms with van der Waals surface area (Å²) >= 11 is 0. The first-order valence-electron chi connectivity index (χ1n) is 8.42. The van der Waals surface area contributed by atoms with Crippen LogP contribution in [0.1, 0.15) is 28.8 Å². The van der Waals surface area contributed by atoms with E-state index in [2.05, 4.69) is 11.1 Å². The van der Waals surface area contributed by atoms with Crippen LogP contribution in [0.5, 0.6) is 0 Å². The van der Waals surface area contributed by atoms with Crippen molar-refractivity contribution in [3.05, 3.63) is 53.7 Å². The second kappa shape index (κ2) is 5.88. The highest BCUT2D eigenvalue weighted by molar-refractivity contribution is 5.95. The first kappa shape index (κ1) is 15.6. The van der Waals surface area contributed by atoms with Gasteiger partial charge in [0.05, 0.1) is 5.56 Å². The van der Waals surface area contributed by atoms with Crippen molar-refractivity contribution in [3.63, 3.8) is 0 Å². The number of pyridine rings is 1. The van der Waals surface area contributed by atoms with Crippen molar-refractivity contribution in [2.24, 2.45) is 5.92 Å². The van der Waals surface area contributed by atoms with E-state index in [0.29, 0.717) is 31.0 Å². The predicted octanol–water partition coefficient (Wildman–Crippen LogP) is 1.89. The molecule has 0 radical (unpaired) electrons. The van der Waals surface area contributed by atoms with Gasteiger partial charge in [-0.15, -0.1) is 0 Å². The number of benzene rings is 1. The molecule has 128 valence electrons. The number of carbonyl (C=O) groups is 2. The Morgan fingerprint density at radius 3 is 2.64 bits per heavy atom. The van der Waals surface area contributed by atoms with Crippen LogP contribution in [0.25, 0.3) is 0 Å². The number of nitrogens with two attached hydrogens (primary N) is 1. The molecule has 1 aromatic heterocycles. The molecule has 2 amide bonds. The van der Waals surface area contributed by atoms with Gasteiger partial charge in [0, 0.05) is 50.3 Å². The summed E-state index contributed by atoms with van der Waals surface area (Å²) in [6, 6.07) is 11.4. The summed E-state index contributed by atoms with van der Waals surface area (Å²) in [6.45, 7) is 3.55. The molecule has 6 heteroatoms. The maximum absolute atomic E-state index is 12.8. The van der Waals surface area contributed by atoms with Gasteiger partial charge in [0.15, 0.2) is 0 Å². The number of carbonyl (C=O) groups excluding carboxylic acids is 2. The van der Waals surface area contributed by atoms with Crippen molar-refractivity contribution in [2.45, 2.75) is 12.8 Å². The van der Waals surface area contributed by atoms with Gasteiger partial charge in [-0.25, -0.2) is 4.98 Å². The van der Waals surface area contributed by atoms with Gasteiger partial charge in [-0.2, -0.15) is 0 Å². The number of hydrogen-bond acceptors (Lipinski definition) is 4. The number of aromatic nitrogens is 1. The third-order valence-electron chi connectivity index (χ3n) is 5.19. The zero-order chi connectivity index (χ0) is 17.6. The lowest BCUT2D eigenvalue weighted by molar-refractivity contribution is -0.116. The molecule has 3 heterocycles. The maximum atomic E-state index is 12.8. The van der Waals surface area contributed by atoms with Crippen molar-refractivity contribution >= 4 is 23.3 Å². The van der Waals surface area contributed by atoms with Gasteiger partial charge in [-0.1, -0.05) is 18.2 Å². The number of fused-ring (bicyclic) bond motifs is 3. The lowest BCUT2D eigenvalue weighted by atomic mass is 9.84. The standard InChI is InChI=1S/C19H20N4O2/c1-12(24)23-10-14-9-22(19(25)13-6-7-18(20)21-8-13)11-16(14)15-4-2-3-5-17(15)23/h2-8,14,16H,9-11H2,1H3,(H2,20,21). The van der Waals surface area contributed by atoms with E-state index in [9.17, 15) is 9.59 Å². The molecule has 1 saturated heterocycles. The Morgan fingerprint density at radius 1 is 1.12 bits per heavy atom. The van der Waals surface area contributed by atoms with Gasteiger partial charge in [0.25, 0.3) is 5.91 Å². The number of amides is 2. The van der Waals surface area contributed by atoms with Crippen LogP contribution in [-0.4, -0.2) is 41.3 Å². The van der Waals surface area contributed by atoms with E-state index in [-0.39, 0.29) is 23.7 Å². The van der Waals surface area contributed by atoms with E-state index in [1.165, 1.54) is 6.20 Å². The highest BCUT2D eigenvalue weighted by Gasteiger charge is 2.42. The molecule has 0 aliphatic carbocycles. The molecular weight excluding hydrogens is 316 g/mol. The van der Waals surface area contributed by atoms with Gasteiger partial charge in [-0.3, -0.25) is 9.59 Å². The van der Waals surface area contributed by atoms with E-state index in [0.717, 1.165) is 11.3 Å². The minimum absolute atomic E-state index is 0.0336. The third kappa shape index (κ3) is 2.63. The third-order valence-corrected chi connectivity index (χ3v) is 5.19. The SMILES string of the molecule is CC(=O)N1CC2CN(C(=O)c3ccc(N)nc3)CC2c2ccccc21. The van der Waals surface area contributed by atoms with E-state index < -0.39 is 0 Å². The molecule has 2 unspecified atom stereocenters. The molecule has 2 atom stereocenters. The fourth-order valence-electron chi connectivity index (χ4n) is 3.97. The summed E-state index contributed by atoms with van der Waals surface area (Å²) < 4.78 is 0. The molecule has 1 aromatic carbocycles. The van der Waals surface area contributed by atoms with Gasteiger partial charge < -0.3 is 15.5 Å². The van der Waals surface area contributed by atoms with Crippen LogP contribution in [0, 0.1) is 5.92 Å². The molecule has 25 heavy (non-hydrogen) atoms. The summed E-state index contributed by atoms with van der Waals surface area (Å²) in [5.41, 5.74) is 8.27. The van der Waals surface area contributed by atoms with Gasteiger partial charge in [0.2, 0.25) is 5.91 Å². The average molecular weight is 336 g/mol. The van der Waals surface area contributed by atoms with Crippen LogP contribution < -0.4 is 10.6 Å². The molecule has 1 fully saturated rings. The molecule has 2 aliphatic rings. The minimum atomic E-state index is -0.0336. The lowest BCUT2D eigenvalue weighted by Gasteiger charge is -2.35. The van der Waals surface area contributed by atoms with E-state index >= 15 is 0 Å². The quantitative estimate of drug-likeness (QED) is 0.862. The number of rotatable bonds is 1. The second-order valence-electron chi connectivity index (χ2n) is 6.74. The zero-order valence-electron chi connectivity index (χ0n) is 14.1. The summed E-state index contributed by atoms with van der Waals surface area (Å²) in [6.07, 6.45) is 1.52. The van der Waals surface area contributed by atoms with Crippen LogP contribution in [0.2, 0.25) is 0 Å². The Morgan fingerprint density at radius 2 is 1.92 bits per heavy atom. The normalized spacial score (nSPS) is 21.6. The fourth-order valence-corrected chi connectivity index (χ4v) is 3.97. The van der Waals surface area contributed by atoms with E-state index in [1.807, 2.05) is 28.0 Å². The first-order valence-corrected chi connectivity index (χ1v) is 8.42. The fraction of sp³-hybridized carbons (Fsp3) is 0.316. The summed E-state index contributed by atoms with van der Waals surface area (Å²) in [7, 11) is 0. The lowest BCUT2D eigenvalue weighted by Crippen LogP contribution is -2.40. The van der Waals surface area contributed by atoms with Gasteiger partial charge in [-0.05, 0) is 23.8 Å². The summed E-state index contributed by atoms with van der Waals surface area (Å²) in [4.78, 5) is 32.5. The smallest absolute Gasteiger partial charge is 0.255 e. The largest absolute Gasteiger partial charge is 0.384 e. The van der Waals surface area contributed by atoms with Crippen molar-refractivity contribution in [2.75, 3.05) is 30.3 Å². The molecule has 0 spiro atoms. The molecule has 0 saturated carbocycles. The Kier molecular flexibility index (Phi) is 3.67. The van der Waals surface area contributed by atoms with Crippen LogP contribution in [0.3, 0.4) is 0 Å². The topological polar surface area (TPSA) is 79.5 Å². The highest BCUT2D eigenvalue weighted by Crippen LogP contribution is 2.43. The van der Waals surface area contributed by atoms with Crippen molar-refractivity contribution in [1.82, 2.24) is 9.88 Å². The monoisotopic (exact) mass is 336 g/mol. The summed E-state index contributed by atoms with van der Waals surface area (Å²) in [5.74, 6) is 0.923. The van der Waals surface area contributed by atoms with Crippen LogP contribution >= 0.6 is 0 Å². The molecule has 2 N–H and O–H groups in total. The Balaban J connectivity index is 1.62. The Hall–Kier alpha value is -2.89. The maximum Gasteiger partial charge on any atom is 0.255 e. The number of hydrogen-bond donors (Lipinski definition) is 1. The predicted molar refractivity (Wildman–Crippen MR) is 95.3 cm³/mol. The van der Waals surface area contributed by atoms with Crippen LogP contribution in [0.4, 0.5) is 11.5 Å². The van der Waals surface area contributed by atoms with Crippen molar-refractivity contribution in [3.8, 4) is 0 Å². The molecule has 4 rings (SSSR count). The number of likely N-dealkylation sites (tertiary alicyclic amines) is 1. The van der Waals surface area contributed by atoms with Crippen LogP contribution in [-0.2, 0) is 4.79 Å². The first-order chi connectivity index (χ1) is 12.0. The molecular formula is C19H20N4O2. The van der Waals surface area contributed by atoms with Crippen molar-refractivity contribution in [1.29, 1.82) is 0 Å². The second-order valence-corrected chi connectivity index (χ2v) is 6.74. The zero-order valence-corrected chi connectivity index (χ0v) is 14.1. The van der Waals surface area contributed by atoms with E-state index in [1.54, 1.807) is 19.1 Å². The van der Waals surface area contributed by atoms with Crippen molar-refractivity contribution < 1.29 is 9.59 Å². The Bertz CT molecular complexity index is 834. The minimum Gasteiger partial charge on any atom is -0.384 e. The number of nitrogens with zero attached hydrogens (tertiary/aromatic N) is 3. The van der Waals surface area contributed by atoms with Crippen LogP contribution in [0.15, 0.2) is 42.6 Å².